The molecule has 2 aromatic carbocycles. The van der Waals surface area contributed by atoms with Gasteiger partial charge in [-0.25, -0.2) is 0 Å². The fourth-order valence-electron chi connectivity index (χ4n) is 3.90. The van der Waals surface area contributed by atoms with Gasteiger partial charge in [0.15, 0.2) is 0 Å². The zero-order chi connectivity index (χ0) is 18.3. The van der Waals surface area contributed by atoms with E-state index in [1.165, 1.54) is 42.1 Å². The van der Waals surface area contributed by atoms with Crippen LogP contribution in [-0.2, 0) is 13.1 Å². The molecule has 4 rings (SSSR count). The summed E-state index contributed by atoms with van der Waals surface area (Å²) < 4.78 is 7.29. The number of nitrogens with zero attached hydrogens (tertiary/aromatic N) is 2. The van der Waals surface area contributed by atoms with E-state index < -0.39 is 0 Å². The summed E-state index contributed by atoms with van der Waals surface area (Å²) in [6.45, 7) is 6.48. The van der Waals surface area contributed by atoms with Gasteiger partial charge in [0.2, 0.25) is 0 Å². The van der Waals surface area contributed by atoms with Crippen molar-refractivity contribution in [1.82, 2.24) is 9.13 Å². The van der Waals surface area contributed by atoms with E-state index in [0.717, 1.165) is 25.9 Å². The Hall–Kier alpha value is -1.52. The topological polar surface area (TPSA) is 9.86 Å². The second kappa shape index (κ2) is 7.24. The Morgan fingerprint density at radius 2 is 1.04 bits per heavy atom. The van der Waals surface area contributed by atoms with Crippen molar-refractivity contribution in [2.24, 2.45) is 0 Å². The zero-order valence-electron chi connectivity index (χ0n) is 15.1. The largest absolute Gasteiger partial charge is 0.338 e. The van der Waals surface area contributed by atoms with Crippen LogP contribution < -0.4 is 0 Å². The predicted octanol–water partition coefficient (Wildman–Crippen LogP) is 7.61. The lowest BCUT2D eigenvalue weighted by molar-refractivity contribution is 0.682. The Bertz CT molecular complexity index is 1000. The lowest BCUT2D eigenvalue weighted by atomic mass is 10.2. The lowest BCUT2D eigenvalue weighted by Gasteiger charge is -2.14. The molecule has 0 spiro atoms. The second-order valence-electron chi connectivity index (χ2n) is 6.66. The number of benzene rings is 2. The van der Waals surface area contributed by atoms with Crippen molar-refractivity contribution in [3.63, 3.8) is 0 Å². The van der Waals surface area contributed by atoms with E-state index in [1.54, 1.807) is 0 Å². The molecule has 0 bridgehead atoms. The van der Waals surface area contributed by atoms with Crippen LogP contribution in [0, 0.1) is 0 Å². The molecule has 0 N–H and O–H groups in total. The first-order chi connectivity index (χ1) is 12.7. The Kier molecular flexibility index (Phi) is 4.98. The van der Waals surface area contributed by atoms with Crippen LogP contribution in [0.5, 0.6) is 0 Å². The summed E-state index contributed by atoms with van der Waals surface area (Å²) in [6.07, 6.45) is 2.20. The van der Waals surface area contributed by atoms with Gasteiger partial charge >= 0.3 is 0 Å². The van der Waals surface area contributed by atoms with Gasteiger partial charge in [-0.3, -0.25) is 0 Å². The Balaban J connectivity index is 2.14. The minimum absolute atomic E-state index is 1.00. The van der Waals surface area contributed by atoms with Crippen LogP contribution in [0.4, 0.5) is 0 Å². The molecular weight excluding hydrogens is 452 g/mol. The minimum Gasteiger partial charge on any atom is -0.338 e. The number of para-hydroxylation sites is 2. The van der Waals surface area contributed by atoms with Crippen LogP contribution in [0.25, 0.3) is 33.2 Å². The molecule has 4 aromatic rings. The van der Waals surface area contributed by atoms with Crippen molar-refractivity contribution in [3.05, 3.63) is 57.5 Å². The molecule has 2 heterocycles. The Labute approximate surface area is 171 Å². The van der Waals surface area contributed by atoms with Crippen LogP contribution in [0.15, 0.2) is 57.5 Å². The molecule has 4 heteroatoms. The highest BCUT2D eigenvalue weighted by Gasteiger charge is 2.24. The van der Waals surface area contributed by atoms with Crippen LogP contribution in [0.3, 0.4) is 0 Å². The lowest BCUT2D eigenvalue weighted by Crippen LogP contribution is -2.05. The second-order valence-corrected chi connectivity index (χ2v) is 8.25. The third kappa shape index (κ3) is 2.66. The molecule has 26 heavy (non-hydrogen) atoms. The van der Waals surface area contributed by atoms with Gasteiger partial charge in [0.05, 0.1) is 20.3 Å². The summed E-state index contributed by atoms with van der Waals surface area (Å²) in [4.78, 5) is 0. The molecule has 0 amide bonds. The predicted molar refractivity (Wildman–Crippen MR) is 119 cm³/mol. The third-order valence-electron chi connectivity index (χ3n) is 4.94. The molecule has 0 aliphatic carbocycles. The number of hydrogen-bond donors (Lipinski definition) is 0. The van der Waals surface area contributed by atoms with E-state index >= 15 is 0 Å². The standard InChI is InChI=1S/C22H22Br2N2/c1-3-13-25-17-11-7-5-9-15(17)19(23)21(25)22-20(24)16-10-6-8-12-18(16)26(22)14-4-2/h5-12H,3-4,13-14H2,1-2H3. The zero-order valence-corrected chi connectivity index (χ0v) is 18.3. The molecule has 0 fully saturated rings. The summed E-state index contributed by atoms with van der Waals surface area (Å²) in [5.74, 6) is 0. The highest BCUT2D eigenvalue weighted by molar-refractivity contribution is 9.11. The molecule has 0 radical (unpaired) electrons. The average Bonchev–Trinajstić information content (AvgIpc) is 3.09. The molecule has 0 saturated carbocycles. The molecule has 134 valence electrons. The van der Waals surface area contributed by atoms with Gasteiger partial charge in [0.25, 0.3) is 0 Å². The smallest absolute Gasteiger partial charge is 0.0815 e. The maximum Gasteiger partial charge on any atom is 0.0815 e. The highest BCUT2D eigenvalue weighted by atomic mass is 79.9. The Morgan fingerprint density at radius 1 is 0.654 bits per heavy atom. The monoisotopic (exact) mass is 472 g/mol. The van der Waals surface area contributed by atoms with E-state index in [9.17, 15) is 0 Å². The van der Waals surface area contributed by atoms with E-state index in [-0.39, 0.29) is 0 Å². The van der Waals surface area contributed by atoms with Crippen molar-refractivity contribution in [3.8, 4) is 11.4 Å². The van der Waals surface area contributed by atoms with Crippen LogP contribution >= 0.6 is 31.9 Å². The van der Waals surface area contributed by atoms with E-state index in [0.29, 0.717) is 0 Å². The molecule has 2 aromatic heterocycles. The molecule has 0 aliphatic rings. The van der Waals surface area contributed by atoms with Gasteiger partial charge < -0.3 is 9.13 Å². The summed E-state index contributed by atoms with van der Waals surface area (Å²) in [6, 6.07) is 17.3. The van der Waals surface area contributed by atoms with E-state index in [2.05, 4.69) is 103 Å². The number of aromatic nitrogens is 2. The van der Waals surface area contributed by atoms with Crippen LogP contribution in [0.1, 0.15) is 26.7 Å². The van der Waals surface area contributed by atoms with Gasteiger partial charge in [0, 0.05) is 34.9 Å². The van der Waals surface area contributed by atoms with Crippen molar-refractivity contribution in [2.75, 3.05) is 0 Å². The normalized spacial score (nSPS) is 11.7. The maximum absolute atomic E-state index is 3.93. The van der Waals surface area contributed by atoms with Gasteiger partial charge in [0.1, 0.15) is 0 Å². The van der Waals surface area contributed by atoms with Crippen LogP contribution in [0.2, 0.25) is 0 Å². The van der Waals surface area contributed by atoms with Crippen LogP contribution in [-0.4, -0.2) is 9.13 Å². The quantitative estimate of drug-likeness (QED) is 0.282. The third-order valence-corrected chi connectivity index (χ3v) is 6.54. The molecule has 0 saturated heterocycles. The van der Waals surface area contributed by atoms with Gasteiger partial charge in [-0.05, 0) is 56.8 Å². The molecule has 0 atom stereocenters. The first-order valence-electron chi connectivity index (χ1n) is 9.22. The van der Waals surface area contributed by atoms with E-state index in [1.807, 2.05) is 0 Å². The summed E-state index contributed by atoms with van der Waals surface area (Å²) in [5, 5.41) is 2.55. The molecular formula is C22H22Br2N2. The highest BCUT2D eigenvalue weighted by Crippen LogP contribution is 2.44. The average molecular weight is 474 g/mol. The number of halogens is 2. The van der Waals surface area contributed by atoms with Crippen molar-refractivity contribution in [2.45, 2.75) is 39.8 Å². The summed E-state index contributed by atoms with van der Waals surface area (Å²) in [7, 11) is 0. The van der Waals surface area contributed by atoms with Crippen molar-refractivity contribution in [1.29, 1.82) is 0 Å². The number of fused-ring (bicyclic) bond motifs is 2. The number of hydrogen-bond acceptors (Lipinski definition) is 0. The molecule has 2 nitrogen and oxygen atoms in total. The summed E-state index contributed by atoms with van der Waals surface area (Å²) >= 11 is 7.86. The first-order valence-corrected chi connectivity index (χ1v) is 10.8. The molecule has 0 unspecified atom stereocenters. The van der Waals surface area contributed by atoms with Gasteiger partial charge in [-0.2, -0.15) is 0 Å². The SMILES string of the molecule is CCCn1c(-c2c(Br)c3ccccc3n2CCC)c(Br)c2ccccc21. The Morgan fingerprint density at radius 3 is 1.42 bits per heavy atom. The fraction of sp³-hybridized carbons (Fsp3) is 0.273. The maximum atomic E-state index is 3.93. The molecule has 0 aliphatic heterocycles. The first kappa shape index (κ1) is 17.9. The van der Waals surface area contributed by atoms with Crippen molar-refractivity contribution >= 4 is 53.7 Å². The van der Waals surface area contributed by atoms with Gasteiger partial charge in [-0.1, -0.05) is 50.2 Å². The van der Waals surface area contributed by atoms with Gasteiger partial charge in [-0.15, -0.1) is 0 Å². The van der Waals surface area contributed by atoms with Crippen molar-refractivity contribution < 1.29 is 0 Å². The minimum atomic E-state index is 1.00. The van der Waals surface area contributed by atoms with E-state index in [4.69, 9.17) is 0 Å². The fourth-order valence-corrected chi connectivity index (χ4v) is 5.37. The summed E-state index contributed by atoms with van der Waals surface area (Å²) in [5.41, 5.74) is 5.11. The number of rotatable bonds is 5. The number of aryl methyl sites for hydroxylation is 2.